The van der Waals surface area contributed by atoms with Crippen LogP contribution in [0.2, 0.25) is 0 Å². The minimum atomic E-state index is 0.151. The van der Waals surface area contributed by atoms with E-state index in [-0.39, 0.29) is 11.2 Å². The number of hydrogen-bond acceptors (Lipinski definition) is 1. The van der Waals surface area contributed by atoms with Gasteiger partial charge in [-0.05, 0) is 46.2 Å². The number of allylic oxidation sites excluding steroid dienone is 1. The first kappa shape index (κ1) is 13.8. The Morgan fingerprint density at radius 1 is 0.857 bits per heavy atom. The van der Waals surface area contributed by atoms with Crippen molar-refractivity contribution < 1.29 is 4.79 Å². The predicted molar refractivity (Wildman–Crippen MR) is 88.6 cm³/mol. The number of fused-ring (bicyclic) bond motifs is 1. The Morgan fingerprint density at radius 2 is 1.48 bits per heavy atom. The number of hydrogen-bond donors (Lipinski definition) is 0. The van der Waals surface area contributed by atoms with Crippen molar-refractivity contribution in [3.63, 3.8) is 0 Å². The Bertz CT molecular complexity index is 740. The van der Waals surface area contributed by atoms with Gasteiger partial charge >= 0.3 is 0 Å². The normalized spacial score (nSPS) is 14.1. The third-order valence-corrected chi connectivity index (χ3v) is 4.13. The van der Waals surface area contributed by atoms with Crippen molar-refractivity contribution in [3.8, 4) is 11.1 Å². The average molecular weight is 276 g/mol. The number of carbonyl (C=O) groups excluding carboxylic acids is 1. The molecule has 0 unspecified atom stereocenters. The van der Waals surface area contributed by atoms with Crippen molar-refractivity contribution in [2.75, 3.05) is 0 Å². The summed E-state index contributed by atoms with van der Waals surface area (Å²) in [5, 5.41) is 0. The Hall–Kier alpha value is -2.15. The first-order valence-corrected chi connectivity index (χ1v) is 7.35. The Labute approximate surface area is 126 Å². The highest BCUT2D eigenvalue weighted by Gasteiger charge is 2.22. The molecule has 0 saturated heterocycles. The number of rotatable bonds is 1. The van der Waals surface area contributed by atoms with E-state index in [1.165, 1.54) is 11.1 Å². The van der Waals surface area contributed by atoms with Gasteiger partial charge in [-0.15, -0.1) is 0 Å². The van der Waals surface area contributed by atoms with Crippen LogP contribution in [0.25, 0.3) is 17.2 Å². The molecule has 0 heterocycles. The van der Waals surface area contributed by atoms with Gasteiger partial charge in [0.05, 0.1) is 0 Å². The second kappa shape index (κ2) is 4.70. The molecule has 3 rings (SSSR count). The zero-order valence-corrected chi connectivity index (χ0v) is 13.0. The quantitative estimate of drug-likeness (QED) is 0.695. The maximum Gasteiger partial charge on any atom is 0.189 e. The largest absolute Gasteiger partial charge is 0.289 e. The minimum absolute atomic E-state index is 0.151. The molecule has 0 saturated carbocycles. The van der Waals surface area contributed by atoms with Gasteiger partial charge < -0.3 is 0 Å². The van der Waals surface area contributed by atoms with Crippen LogP contribution < -0.4 is 0 Å². The van der Waals surface area contributed by atoms with Crippen molar-refractivity contribution >= 4 is 11.9 Å². The van der Waals surface area contributed by atoms with E-state index in [1.54, 1.807) is 0 Å². The lowest BCUT2D eigenvalue weighted by atomic mass is 9.86. The van der Waals surface area contributed by atoms with Crippen molar-refractivity contribution in [3.05, 3.63) is 64.7 Å². The molecule has 1 aliphatic carbocycles. The Morgan fingerprint density at radius 3 is 2.10 bits per heavy atom. The molecule has 2 aromatic rings. The zero-order chi connectivity index (χ0) is 15.2. The molecule has 1 nitrogen and oxygen atoms in total. The Kier molecular flexibility index (Phi) is 3.09. The van der Waals surface area contributed by atoms with Gasteiger partial charge in [-0.2, -0.15) is 0 Å². The van der Waals surface area contributed by atoms with Crippen LogP contribution in [-0.4, -0.2) is 5.78 Å². The summed E-state index contributed by atoms with van der Waals surface area (Å²) in [6, 6.07) is 14.6. The number of Topliss-reactive ketones (excluding diaryl/α,β-unsaturated/α-hetero) is 1. The van der Waals surface area contributed by atoms with E-state index in [1.807, 2.05) is 25.1 Å². The number of carbonyl (C=O) groups is 1. The summed E-state index contributed by atoms with van der Waals surface area (Å²) in [6.07, 6.45) is 2.00. The summed E-state index contributed by atoms with van der Waals surface area (Å²) in [5.74, 6) is 0.151. The average Bonchev–Trinajstić information content (AvgIpc) is 2.74. The highest BCUT2D eigenvalue weighted by Crippen LogP contribution is 2.34. The van der Waals surface area contributed by atoms with E-state index >= 15 is 0 Å². The minimum Gasteiger partial charge on any atom is -0.289 e. The molecule has 106 valence electrons. The summed E-state index contributed by atoms with van der Waals surface area (Å²) in [4.78, 5) is 12.1. The molecule has 21 heavy (non-hydrogen) atoms. The van der Waals surface area contributed by atoms with Gasteiger partial charge in [0.15, 0.2) is 5.78 Å². The molecule has 0 amide bonds. The molecule has 0 bridgehead atoms. The fourth-order valence-corrected chi connectivity index (χ4v) is 2.81. The van der Waals surface area contributed by atoms with Crippen LogP contribution in [0.3, 0.4) is 0 Å². The van der Waals surface area contributed by atoms with Crippen LogP contribution in [0.4, 0.5) is 0 Å². The molecule has 2 aromatic carbocycles. The summed E-state index contributed by atoms with van der Waals surface area (Å²) in [6.45, 7) is 8.53. The molecule has 0 N–H and O–H groups in total. The van der Waals surface area contributed by atoms with E-state index in [0.717, 1.165) is 22.3 Å². The molecule has 1 heteroatoms. The molecule has 0 radical (unpaired) electrons. The van der Waals surface area contributed by atoms with Crippen molar-refractivity contribution in [2.45, 2.75) is 33.1 Å². The van der Waals surface area contributed by atoms with Gasteiger partial charge in [0.1, 0.15) is 0 Å². The topological polar surface area (TPSA) is 17.1 Å². The Balaban J connectivity index is 2.09. The maximum atomic E-state index is 12.1. The summed E-state index contributed by atoms with van der Waals surface area (Å²) in [7, 11) is 0. The van der Waals surface area contributed by atoms with Crippen molar-refractivity contribution in [1.29, 1.82) is 0 Å². The van der Waals surface area contributed by atoms with Crippen molar-refractivity contribution in [2.24, 2.45) is 0 Å². The van der Waals surface area contributed by atoms with Gasteiger partial charge in [0.25, 0.3) is 0 Å². The van der Waals surface area contributed by atoms with E-state index in [2.05, 4.69) is 51.1 Å². The van der Waals surface area contributed by atoms with Crippen LogP contribution in [0.1, 0.15) is 49.2 Å². The number of benzene rings is 2. The second-order valence-corrected chi connectivity index (χ2v) is 6.75. The third kappa shape index (κ3) is 2.33. The third-order valence-electron chi connectivity index (χ3n) is 4.13. The van der Waals surface area contributed by atoms with Crippen LogP contribution >= 0.6 is 0 Å². The fraction of sp³-hybridized carbons (Fsp3) is 0.250. The highest BCUT2D eigenvalue weighted by atomic mass is 16.1. The molecule has 1 aliphatic rings. The number of ketones is 1. The lowest BCUT2D eigenvalue weighted by molar-refractivity contribution is 0.103. The smallest absolute Gasteiger partial charge is 0.189 e. The molecular weight excluding hydrogens is 256 g/mol. The molecule has 0 fully saturated rings. The molecule has 0 atom stereocenters. The summed E-state index contributed by atoms with van der Waals surface area (Å²) < 4.78 is 0. The van der Waals surface area contributed by atoms with Crippen LogP contribution in [0.15, 0.2) is 48.0 Å². The predicted octanol–water partition coefficient (Wildman–Crippen LogP) is 5.25. The second-order valence-electron chi connectivity index (χ2n) is 6.75. The van der Waals surface area contributed by atoms with E-state index in [9.17, 15) is 4.79 Å². The van der Waals surface area contributed by atoms with Gasteiger partial charge in [-0.3, -0.25) is 4.79 Å². The molecule has 0 aliphatic heterocycles. The zero-order valence-electron chi connectivity index (χ0n) is 13.0. The molecule has 0 spiro atoms. The lowest BCUT2D eigenvalue weighted by Crippen LogP contribution is -2.10. The molecular formula is C20H20O. The maximum absolute atomic E-state index is 12.1. The van der Waals surface area contributed by atoms with Gasteiger partial charge in [-0.25, -0.2) is 0 Å². The summed E-state index contributed by atoms with van der Waals surface area (Å²) in [5.41, 5.74) is 6.49. The lowest BCUT2D eigenvalue weighted by Gasteiger charge is -2.19. The van der Waals surface area contributed by atoms with E-state index < -0.39 is 0 Å². The SMILES string of the molecule is CC1=Cc2c(cccc2-c2ccc(C(C)(C)C)cc2)C1=O. The van der Waals surface area contributed by atoms with Crippen molar-refractivity contribution in [1.82, 2.24) is 0 Å². The van der Waals surface area contributed by atoms with Gasteiger partial charge in [0, 0.05) is 5.56 Å². The molecule has 0 aromatic heterocycles. The monoisotopic (exact) mass is 276 g/mol. The van der Waals surface area contributed by atoms with E-state index in [4.69, 9.17) is 0 Å². The van der Waals surface area contributed by atoms with E-state index in [0.29, 0.717) is 0 Å². The first-order valence-electron chi connectivity index (χ1n) is 7.35. The summed E-state index contributed by atoms with van der Waals surface area (Å²) >= 11 is 0. The van der Waals surface area contributed by atoms with Gasteiger partial charge in [-0.1, -0.05) is 63.2 Å². The fourth-order valence-electron chi connectivity index (χ4n) is 2.81. The van der Waals surface area contributed by atoms with Crippen LogP contribution in [0, 0.1) is 0 Å². The van der Waals surface area contributed by atoms with Crippen LogP contribution in [0.5, 0.6) is 0 Å². The van der Waals surface area contributed by atoms with Crippen LogP contribution in [-0.2, 0) is 5.41 Å². The highest BCUT2D eigenvalue weighted by molar-refractivity contribution is 6.19. The first-order chi connectivity index (χ1) is 9.88. The van der Waals surface area contributed by atoms with Gasteiger partial charge in [0.2, 0.25) is 0 Å². The standard InChI is InChI=1S/C20H20O/c1-13-12-18-16(6-5-7-17(18)19(13)21)14-8-10-15(11-9-14)20(2,3)4/h5-12H,1-4H3.